The lowest BCUT2D eigenvalue weighted by Gasteiger charge is -2.35. The molecule has 0 bridgehead atoms. The monoisotopic (exact) mass is 410 g/mol. The van der Waals surface area contributed by atoms with Gasteiger partial charge in [0.05, 0.1) is 18.0 Å². The summed E-state index contributed by atoms with van der Waals surface area (Å²) >= 11 is 7.32. The number of hydrogen-bond acceptors (Lipinski definition) is 6. The van der Waals surface area contributed by atoms with Gasteiger partial charge in [-0.15, -0.1) is 5.10 Å². The van der Waals surface area contributed by atoms with Crippen LogP contribution in [0, 0.1) is 6.92 Å². The minimum absolute atomic E-state index is 0.0615. The predicted molar refractivity (Wildman–Crippen MR) is 104 cm³/mol. The Kier molecular flexibility index (Phi) is 6.62. The van der Waals surface area contributed by atoms with Crippen molar-refractivity contribution in [2.45, 2.75) is 44.7 Å². The van der Waals surface area contributed by atoms with E-state index >= 15 is 0 Å². The Balaban J connectivity index is 1.47. The Bertz CT molecular complexity index is 791. The number of nitrogens with zero attached hydrogens (tertiary/aromatic N) is 3. The van der Waals surface area contributed by atoms with Gasteiger partial charge in [-0.25, -0.2) is 4.98 Å². The third kappa shape index (κ3) is 5.60. The molecule has 1 saturated heterocycles. The molecule has 0 aliphatic carbocycles. The normalized spacial score (nSPS) is 19.9. The van der Waals surface area contributed by atoms with Gasteiger partial charge in [0.15, 0.2) is 5.82 Å². The Labute approximate surface area is 167 Å². The molecular weight excluding hydrogens is 388 g/mol. The summed E-state index contributed by atoms with van der Waals surface area (Å²) in [6.07, 6.45) is 0.123. The molecule has 27 heavy (non-hydrogen) atoms. The van der Waals surface area contributed by atoms with E-state index in [-0.39, 0.29) is 24.7 Å². The van der Waals surface area contributed by atoms with E-state index in [9.17, 15) is 4.79 Å². The molecule has 3 rings (SSSR count). The van der Waals surface area contributed by atoms with E-state index in [0.717, 1.165) is 5.56 Å². The molecule has 1 fully saturated rings. The van der Waals surface area contributed by atoms with Crippen LogP contribution in [0.2, 0.25) is 5.02 Å². The fraction of sp³-hybridized carbons (Fsp3) is 0.500. The number of H-pyrrole nitrogens is 1. The highest BCUT2D eigenvalue weighted by molar-refractivity contribution is 7.99. The third-order valence-corrected chi connectivity index (χ3v) is 5.37. The number of carbonyl (C=O) groups excluding carboxylic acids is 1. The van der Waals surface area contributed by atoms with Crippen molar-refractivity contribution in [1.82, 2.24) is 20.1 Å². The van der Waals surface area contributed by atoms with E-state index in [0.29, 0.717) is 40.6 Å². The van der Waals surface area contributed by atoms with E-state index in [2.05, 4.69) is 15.2 Å². The number of thioether (sulfide) groups is 1. The van der Waals surface area contributed by atoms with Crippen LogP contribution in [0.15, 0.2) is 23.4 Å². The number of hydrogen-bond donors (Lipinski definition) is 1. The van der Waals surface area contributed by atoms with Crippen LogP contribution in [0.3, 0.4) is 0 Å². The van der Waals surface area contributed by atoms with Crippen molar-refractivity contribution >= 4 is 29.3 Å². The van der Waals surface area contributed by atoms with E-state index < -0.39 is 0 Å². The SMILES string of the molecule is Cc1cc(OCc2nc(SCC(=O)N3C[C@@H](C)O[C@H](C)C3)n[nH]2)ccc1Cl. The van der Waals surface area contributed by atoms with Crippen molar-refractivity contribution in [3.63, 3.8) is 0 Å². The van der Waals surface area contributed by atoms with Gasteiger partial charge in [0.2, 0.25) is 11.1 Å². The second-order valence-corrected chi connectivity index (χ2v) is 7.96. The molecule has 1 aromatic heterocycles. The molecule has 1 aromatic carbocycles. The molecular formula is C18H23ClN4O3S. The van der Waals surface area contributed by atoms with Gasteiger partial charge in [0.1, 0.15) is 12.4 Å². The number of nitrogens with one attached hydrogen (secondary N) is 1. The first-order valence-electron chi connectivity index (χ1n) is 8.77. The zero-order valence-electron chi connectivity index (χ0n) is 15.6. The van der Waals surface area contributed by atoms with Gasteiger partial charge in [-0.2, -0.15) is 0 Å². The lowest BCUT2D eigenvalue weighted by Crippen LogP contribution is -2.48. The van der Waals surface area contributed by atoms with Crippen LogP contribution in [0.1, 0.15) is 25.2 Å². The summed E-state index contributed by atoms with van der Waals surface area (Å²) in [7, 11) is 0. The summed E-state index contributed by atoms with van der Waals surface area (Å²) in [5.74, 6) is 1.69. The number of halogens is 1. The van der Waals surface area contributed by atoms with Crippen molar-refractivity contribution in [2.75, 3.05) is 18.8 Å². The first-order valence-corrected chi connectivity index (χ1v) is 10.1. The van der Waals surface area contributed by atoms with Crippen LogP contribution in [0.5, 0.6) is 5.75 Å². The fourth-order valence-electron chi connectivity index (χ4n) is 2.86. The summed E-state index contributed by atoms with van der Waals surface area (Å²) in [5, 5.41) is 8.21. The summed E-state index contributed by atoms with van der Waals surface area (Å²) in [6.45, 7) is 7.39. The van der Waals surface area contributed by atoms with Crippen LogP contribution in [0.25, 0.3) is 0 Å². The van der Waals surface area contributed by atoms with Crippen molar-refractivity contribution in [2.24, 2.45) is 0 Å². The van der Waals surface area contributed by atoms with Gasteiger partial charge in [-0.1, -0.05) is 23.4 Å². The lowest BCUT2D eigenvalue weighted by molar-refractivity contribution is -0.140. The van der Waals surface area contributed by atoms with E-state index in [1.54, 1.807) is 6.07 Å². The molecule has 1 aliphatic heterocycles. The second-order valence-electron chi connectivity index (χ2n) is 6.61. The molecule has 1 amide bonds. The minimum Gasteiger partial charge on any atom is -0.486 e. The Hall–Kier alpha value is -1.77. The maximum absolute atomic E-state index is 12.4. The smallest absolute Gasteiger partial charge is 0.233 e. The fourth-order valence-corrected chi connectivity index (χ4v) is 3.70. The predicted octanol–water partition coefficient (Wildman–Crippen LogP) is 3.07. The zero-order valence-corrected chi connectivity index (χ0v) is 17.1. The molecule has 0 spiro atoms. The number of aromatic nitrogens is 3. The molecule has 2 aromatic rings. The van der Waals surface area contributed by atoms with Crippen LogP contribution >= 0.6 is 23.4 Å². The van der Waals surface area contributed by atoms with E-state index in [1.165, 1.54) is 11.8 Å². The topological polar surface area (TPSA) is 80.3 Å². The highest BCUT2D eigenvalue weighted by Crippen LogP contribution is 2.22. The molecule has 1 N–H and O–H groups in total. The summed E-state index contributed by atoms with van der Waals surface area (Å²) in [5.41, 5.74) is 0.952. The van der Waals surface area contributed by atoms with Gasteiger partial charge in [-0.3, -0.25) is 9.89 Å². The molecule has 0 saturated carbocycles. The van der Waals surface area contributed by atoms with E-state index in [1.807, 2.05) is 37.8 Å². The lowest BCUT2D eigenvalue weighted by atomic mass is 10.2. The second kappa shape index (κ2) is 8.95. The summed E-state index contributed by atoms with van der Waals surface area (Å²) in [4.78, 5) is 18.6. The number of amides is 1. The summed E-state index contributed by atoms with van der Waals surface area (Å²) < 4.78 is 11.4. The standard InChI is InChI=1S/C18H23ClN4O3S/c1-11-6-14(4-5-15(11)19)25-9-16-20-18(22-21-16)27-10-17(24)23-7-12(2)26-13(3)8-23/h4-6,12-13H,7-10H2,1-3H3,(H,20,21,22)/t12-,13-/m1/s1. The van der Waals surface area contributed by atoms with Crippen molar-refractivity contribution in [3.05, 3.63) is 34.6 Å². The number of morpholine rings is 1. The average Bonchev–Trinajstić information content (AvgIpc) is 3.08. The molecule has 0 radical (unpaired) electrons. The van der Waals surface area contributed by atoms with Crippen molar-refractivity contribution in [3.8, 4) is 5.75 Å². The molecule has 2 atom stereocenters. The first-order chi connectivity index (χ1) is 12.9. The number of aryl methyl sites for hydroxylation is 1. The number of ether oxygens (including phenoxy) is 2. The molecule has 9 heteroatoms. The number of aromatic amines is 1. The van der Waals surface area contributed by atoms with Gasteiger partial charge in [-0.05, 0) is 44.5 Å². The molecule has 1 aliphatic rings. The first kappa shape index (κ1) is 20.0. The zero-order chi connectivity index (χ0) is 19.4. The maximum Gasteiger partial charge on any atom is 0.233 e. The largest absolute Gasteiger partial charge is 0.486 e. The molecule has 146 valence electrons. The highest BCUT2D eigenvalue weighted by Gasteiger charge is 2.25. The van der Waals surface area contributed by atoms with Gasteiger partial charge in [0.25, 0.3) is 0 Å². The number of benzene rings is 1. The molecule has 0 unspecified atom stereocenters. The molecule has 7 nitrogen and oxygen atoms in total. The van der Waals surface area contributed by atoms with Gasteiger partial charge < -0.3 is 14.4 Å². The number of rotatable bonds is 6. The van der Waals surface area contributed by atoms with Crippen LogP contribution < -0.4 is 4.74 Å². The quantitative estimate of drug-likeness (QED) is 0.737. The van der Waals surface area contributed by atoms with Crippen LogP contribution in [-0.2, 0) is 16.1 Å². The summed E-state index contributed by atoms with van der Waals surface area (Å²) in [6, 6.07) is 5.48. The van der Waals surface area contributed by atoms with Crippen LogP contribution in [-0.4, -0.2) is 57.0 Å². The minimum atomic E-state index is 0.0615. The van der Waals surface area contributed by atoms with Crippen molar-refractivity contribution in [1.29, 1.82) is 0 Å². The number of carbonyl (C=O) groups is 1. The maximum atomic E-state index is 12.4. The van der Waals surface area contributed by atoms with Gasteiger partial charge in [0, 0.05) is 18.1 Å². The molecule has 2 heterocycles. The average molecular weight is 411 g/mol. The van der Waals surface area contributed by atoms with Crippen LogP contribution in [0.4, 0.5) is 0 Å². The third-order valence-electron chi connectivity index (χ3n) is 4.11. The highest BCUT2D eigenvalue weighted by atomic mass is 35.5. The van der Waals surface area contributed by atoms with Crippen molar-refractivity contribution < 1.29 is 14.3 Å². The Morgan fingerprint density at radius 2 is 2.15 bits per heavy atom. The Morgan fingerprint density at radius 1 is 1.41 bits per heavy atom. The van der Waals surface area contributed by atoms with E-state index in [4.69, 9.17) is 21.1 Å². The Morgan fingerprint density at radius 3 is 2.85 bits per heavy atom. The van der Waals surface area contributed by atoms with Gasteiger partial charge >= 0.3 is 0 Å².